The Kier molecular flexibility index (Phi) is 3.66. The van der Waals surface area contributed by atoms with Crippen molar-refractivity contribution < 1.29 is 4.79 Å². The van der Waals surface area contributed by atoms with Crippen molar-refractivity contribution in [3.05, 3.63) is 35.5 Å². The molecule has 1 N–H and O–H groups in total. The molecule has 0 bridgehead atoms. The molecule has 128 valence electrons. The lowest BCUT2D eigenvalue weighted by molar-refractivity contribution is -0.129. The number of rotatable bonds is 5. The summed E-state index contributed by atoms with van der Waals surface area (Å²) in [6, 6.07) is 7.96. The smallest absolute Gasteiger partial charge is 0.246 e. The van der Waals surface area contributed by atoms with Crippen LogP contribution in [0.1, 0.15) is 33.1 Å². The Bertz CT molecular complexity index is 787. The van der Waals surface area contributed by atoms with E-state index in [-0.39, 0.29) is 11.4 Å². The van der Waals surface area contributed by atoms with Crippen LogP contribution in [0, 0.1) is 0 Å². The lowest BCUT2D eigenvalue weighted by Gasteiger charge is -2.36. The summed E-state index contributed by atoms with van der Waals surface area (Å²) in [7, 11) is 0. The van der Waals surface area contributed by atoms with E-state index in [4.69, 9.17) is 11.6 Å². The minimum Gasteiger partial charge on any atom is -0.347 e. The van der Waals surface area contributed by atoms with E-state index in [1.54, 1.807) is 0 Å². The highest BCUT2D eigenvalue weighted by molar-refractivity contribution is 6.35. The van der Waals surface area contributed by atoms with E-state index in [9.17, 15) is 4.79 Å². The monoisotopic (exact) mass is 345 g/mol. The van der Waals surface area contributed by atoms with Gasteiger partial charge in [0.15, 0.2) is 0 Å². The molecule has 24 heavy (non-hydrogen) atoms. The molecular formula is C19H24ClN3O. The van der Waals surface area contributed by atoms with Gasteiger partial charge < -0.3 is 14.8 Å². The lowest BCUT2D eigenvalue weighted by Crippen LogP contribution is -2.54. The first kappa shape index (κ1) is 16.0. The number of benzene rings is 1. The van der Waals surface area contributed by atoms with Crippen molar-refractivity contribution in [1.29, 1.82) is 0 Å². The van der Waals surface area contributed by atoms with E-state index in [2.05, 4.69) is 10.2 Å². The van der Waals surface area contributed by atoms with Crippen LogP contribution in [-0.4, -0.2) is 40.5 Å². The summed E-state index contributed by atoms with van der Waals surface area (Å²) in [6.45, 7) is 7.25. The summed E-state index contributed by atoms with van der Waals surface area (Å²) < 4.78 is 2.00. The molecule has 1 saturated carbocycles. The Morgan fingerprint density at radius 3 is 2.62 bits per heavy atom. The molecule has 2 aromatic rings. The number of likely N-dealkylation sites (tertiary alicyclic amines) is 1. The zero-order chi connectivity index (χ0) is 16.9. The Hall–Kier alpha value is -1.52. The first-order valence-corrected chi connectivity index (χ1v) is 9.10. The fourth-order valence-corrected chi connectivity index (χ4v) is 3.80. The molecule has 2 aliphatic rings. The molecule has 1 saturated heterocycles. The molecule has 1 aromatic heterocycles. The van der Waals surface area contributed by atoms with Crippen LogP contribution in [0.3, 0.4) is 0 Å². The van der Waals surface area contributed by atoms with Gasteiger partial charge >= 0.3 is 0 Å². The number of carbonyl (C=O) groups is 1. The van der Waals surface area contributed by atoms with Crippen molar-refractivity contribution in [3.8, 4) is 0 Å². The van der Waals surface area contributed by atoms with Crippen molar-refractivity contribution in [2.24, 2.45) is 0 Å². The molecule has 4 nitrogen and oxygen atoms in total. The Morgan fingerprint density at radius 2 is 2.00 bits per heavy atom. The molecule has 0 spiro atoms. The number of para-hydroxylation sites is 1. The highest BCUT2D eigenvalue weighted by Gasteiger charge is 2.48. The second-order valence-electron chi connectivity index (χ2n) is 7.79. The standard InChI is InChI=1S/C19H24ClN3O/c1-18(2,23-12-15(20)14-6-3-4-7-16(14)23)17(24)21-19(8-9-19)13-22-10-5-11-22/h3-4,6-7,12H,5,8-11,13H2,1-2H3,(H,21,24). The topological polar surface area (TPSA) is 37.3 Å². The van der Waals surface area contributed by atoms with Gasteiger partial charge in [-0.15, -0.1) is 0 Å². The maximum atomic E-state index is 13.1. The number of aromatic nitrogens is 1. The molecule has 0 atom stereocenters. The number of fused-ring (bicyclic) bond motifs is 1. The fraction of sp³-hybridized carbons (Fsp3) is 0.526. The molecule has 1 aliphatic heterocycles. The minimum absolute atomic E-state index is 0.0124. The molecule has 2 heterocycles. The van der Waals surface area contributed by atoms with Gasteiger partial charge in [-0.05, 0) is 52.3 Å². The van der Waals surface area contributed by atoms with Gasteiger partial charge in [-0.2, -0.15) is 0 Å². The molecule has 1 aromatic carbocycles. The van der Waals surface area contributed by atoms with E-state index in [1.807, 2.05) is 48.9 Å². The van der Waals surface area contributed by atoms with Crippen LogP contribution in [-0.2, 0) is 10.3 Å². The molecule has 4 rings (SSSR count). The average molecular weight is 346 g/mol. The highest BCUT2D eigenvalue weighted by atomic mass is 35.5. The summed E-state index contributed by atoms with van der Waals surface area (Å²) in [6.07, 6.45) is 5.32. The molecule has 0 unspecified atom stereocenters. The van der Waals surface area contributed by atoms with Gasteiger partial charge in [-0.1, -0.05) is 29.8 Å². The van der Waals surface area contributed by atoms with Crippen molar-refractivity contribution in [1.82, 2.24) is 14.8 Å². The summed E-state index contributed by atoms with van der Waals surface area (Å²) >= 11 is 6.37. The quantitative estimate of drug-likeness (QED) is 0.902. The maximum Gasteiger partial charge on any atom is 0.246 e. The number of amides is 1. The largest absolute Gasteiger partial charge is 0.347 e. The zero-order valence-corrected chi connectivity index (χ0v) is 15.1. The van der Waals surface area contributed by atoms with Crippen LogP contribution in [0.2, 0.25) is 5.02 Å². The summed E-state index contributed by atoms with van der Waals surface area (Å²) in [4.78, 5) is 15.5. The van der Waals surface area contributed by atoms with Crippen molar-refractivity contribution >= 4 is 28.4 Å². The van der Waals surface area contributed by atoms with Crippen LogP contribution < -0.4 is 5.32 Å². The van der Waals surface area contributed by atoms with Gasteiger partial charge in [0.05, 0.1) is 16.1 Å². The van der Waals surface area contributed by atoms with Crippen molar-refractivity contribution in [2.45, 2.75) is 44.2 Å². The van der Waals surface area contributed by atoms with E-state index in [1.165, 1.54) is 19.5 Å². The third-order valence-electron chi connectivity index (χ3n) is 5.53. The van der Waals surface area contributed by atoms with E-state index in [0.717, 1.165) is 30.3 Å². The van der Waals surface area contributed by atoms with E-state index < -0.39 is 5.54 Å². The van der Waals surface area contributed by atoms with E-state index >= 15 is 0 Å². The van der Waals surface area contributed by atoms with Crippen LogP contribution in [0.25, 0.3) is 10.9 Å². The summed E-state index contributed by atoms with van der Waals surface area (Å²) in [5.74, 6) is 0.0675. The highest BCUT2D eigenvalue weighted by Crippen LogP contribution is 2.38. The molecular weight excluding hydrogens is 322 g/mol. The van der Waals surface area contributed by atoms with Crippen LogP contribution >= 0.6 is 11.6 Å². The number of nitrogens with one attached hydrogen (secondary N) is 1. The number of hydrogen-bond donors (Lipinski definition) is 1. The Balaban J connectivity index is 1.58. The molecule has 1 aliphatic carbocycles. The van der Waals surface area contributed by atoms with Crippen molar-refractivity contribution in [3.63, 3.8) is 0 Å². The Morgan fingerprint density at radius 1 is 1.29 bits per heavy atom. The second-order valence-corrected chi connectivity index (χ2v) is 8.19. The number of carbonyl (C=O) groups excluding carboxylic acids is 1. The molecule has 2 fully saturated rings. The molecule has 0 radical (unpaired) electrons. The summed E-state index contributed by atoms with van der Waals surface area (Å²) in [5.41, 5.74) is 0.300. The summed E-state index contributed by atoms with van der Waals surface area (Å²) in [5, 5.41) is 5.01. The third kappa shape index (κ3) is 2.62. The molecule has 1 amide bonds. The predicted molar refractivity (Wildman–Crippen MR) is 97.4 cm³/mol. The van der Waals surface area contributed by atoms with Crippen LogP contribution in [0.5, 0.6) is 0 Å². The third-order valence-corrected chi connectivity index (χ3v) is 5.83. The van der Waals surface area contributed by atoms with Gasteiger partial charge in [0.2, 0.25) is 5.91 Å². The maximum absolute atomic E-state index is 13.1. The SMILES string of the molecule is CC(C)(C(=O)NC1(CN2CCC2)CC1)n1cc(Cl)c2ccccc21. The van der Waals surface area contributed by atoms with Gasteiger partial charge in [0.25, 0.3) is 0 Å². The predicted octanol–water partition coefficient (Wildman–Crippen LogP) is 3.38. The zero-order valence-electron chi connectivity index (χ0n) is 14.3. The first-order chi connectivity index (χ1) is 11.4. The fourth-order valence-electron chi connectivity index (χ4n) is 3.55. The Labute approximate surface area is 147 Å². The molecule has 5 heteroatoms. The number of halogens is 1. The second kappa shape index (κ2) is 5.50. The average Bonchev–Trinajstić information content (AvgIpc) is 3.19. The normalized spacial score (nSPS) is 20.0. The van der Waals surface area contributed by atoms with Gasteiger partial charge in [-0.3, -0.25) is 4.79 Å². The number of nitrogens with zero attached hydrogens (tertiary/aromatic N) is 2. The van der Waals surface area contributed by atoms with Gasteiger partial charge in [-0.25, -0.2) is 0 Å². The van der Waals surface area contributed by atoms with Crippen LogP contribution in [0.4, 0.5) is 0 Å². The van der Waals surface area contributed by atoms with Gasteiger partial charge in [0, 0.05) is 18.1 Å². The van der Waals surface area contributed by atoms with Crippen LogP contribution in [0.15, 0.2) is 30.5 Å². The first-order valence-electron chi connectivity index (χ1n) is 8.72. The number of hydrogen-bond acceptors (Lipinski definition) is 2. The lowest BCUT2D eigenvalue weighted by atomic mass is 10.0. The van der Waals surface area contributed by atoms with Gasteiger partial charge in [0.1, 0.15) is 5.54 Å². The van der Waals surface area contributed by atoms with Crippen molar-refractivity contribution in [2.75, 3.05) is 19.6 Å². The van der Waals surface area contributed by atoms with E-state index in [0.29, 0.717) is 5.02 Å². The minimum atomic E-state index is -0.683.